The number of Topliss-reactive ketones (excluding diaryl/α,β-unsaturated/α-hetero) is 1. The monoisotopic (exact) mass is 393 g/mol. The van der Waals surface area contributed by atoms with Crippen LogP contribution in [0, 0.1) is 11.3 Å². The van der Waals surface area contributed by atoms with E-state index in [-0.39, 0.29) is 30.2 Å². The fourth-order valence-corrected chi connectivity index (χ4v) is 3.65. The third-order valence-electron chi connectivity index (χ3n) is 5.32. The third-order valence-corrected chi connectivity index (χ3v) is 5.32. The summed E-state index contributed by atoms with van der Waals surface area (Å²) in [5.74, 6) is -0.336. The Morgan fingerprint density at radius 3 is 2.79 bits per heavy atom. The predicted molar refractivity (Wildman–Crippen MR) is 114 cm³/mol. The van der Waals surface area contributed by atoms with E-state index in [2.05, 4.69) is 17.0 Å². The number of hydrogen-bond acceptors (Lipinski definition) is 6. The molecule has 4 N–H and O–H groups in total. The number of allylic oxidation sites excluding steroid dienone is 1. The molecule has 2 unspecified atom stereocenters. The number of carbonyl (C=O) groups is 1. The van der Waals surface area contributed by atoms with Crippen LogP contribution in [0.2, 0.25) is 0 Å². The Hall–Kier alpha value is -2.72. The number of hydrogen-bond donors (Lipinski definition) is 3. The number of anilines is 1. The largest absolute Gasteiger partial charge is 0.394 e. The smallest absolute Gasteiger partial charge is 0.173 e. The molecule has 152 valence electrons. The van der Waals surface area contributed by atoms with Crippen LogP contribution >= 0.6 is 0 Å². The van der Waals surface area contributed by atoms with E-state index in [9.17, 15) is 15.2 Å². The number of aliphatic hydroxyl groups excluding tert-OH is 2. The first-order chi connectivity index (χ1) is 14.0. The van der Waals surface area contributed by atoms with E-state index in [0.717, 1.165) is 48.0 Å². The highest BCUT2D eigenvalue weighted by Crippen LogP contribution is 2.26. The van der Waals surface area contributed by atoms with E-state index in [0.29, 0.717) is 0 Å². The van der Waals surface area contributed by atoms with Crippen molar-refractivity contribution in [2.45, 2.75) is 37.8 Å². The van der Waals surface area contributed by atoms with Crippen molar-refractivity contribution in [3.8, 4) is 6.07 Å². The van der Waals surface area contributed by atoms with Crippen molar-refractivity contribution in [3.05, 3.63) is 47.5 Å². The number of nitrogens with two attached hydrogens (primary N) is 1. The molecular weight excluding hydrogens is 366 g/mol. The van der Waals surface area contributed by atoms with Gasteiger partial charge in [-0.1, -0.05) is 18.2 Å². The lowest BCUT2D eigenvalue weighted by atomic mass is 10.0. The molecule has 6 heteroatoms. The second-order valence-electron chi connectivity index (χ2n) is 7.61. The molecule has 0 amide bonds. The Balaban J connectivity index is 1.78. The Labute approximate surface area is 170 Å². The van der Waals surface area contributed by atoms with Crippen LogP contribution < -0.4 is 10.6 Å². The summed E-state index contributed by atoms with van der Waals surface area (Å²) in [6.07, 6.45) is 2.96. The van der Waals surface area contributed by atoms with E-state index in [1.54, 1.807) is 6.08 Å². The van der Waals surface area contributed by atoms with Crippen LogP contribution in [0.15, 0.2) is 42.0 Å². The molecule has 6 nitrogen and oxygen atoms in total. The van der Waals surface area contributed by atoms with Gasteiger partial charge in [0.25, 0.3) is 0 Å². The minimum Gasteiger partial charge on any atom is -0.394 e. The van der Waals surface area contributed by atoms with Gasteiger partial charge < -0.3 is 20.8 Å². The number of ketones is 1. The van der Waals surface area contributed by atoms with Crippen LogP contribution in [0.5, 0.6) is 0 Å². The minimum atomic E-state index is -0.941. The summed E-state index contributed by atoms with van der Waals surface area (Å²) in [6.45, 7) is 1.48. The second-order valence-corrected chi connectivity index (χ2v) is 7.61. The van der Waals surface area contributed by atoms with E-state index in [4.69, 9.17) is 10.8 Å². The number of nitrogens with zero attached hydrogens (tertiary/aromatic N) is 2. The number of benzene rings is 2. The lowest BCUT2D eigenvalue weighted by Gasteiger charge is -2.32. The van der Waals surface area contributed by atoms with Gasteiger partial charge in [-0.15, -0.1) is 0 Å². The lowest BCUT2D eigenvalue weighted by molar-refractivity contribution is -0.115. The molecule has 1 aliphatic heterocycles. The second kappa shape index (κ2) is 9.66. The summed E-state index contributed by atoms with van der Waals surface area (Å²) in [5.41, 5.74) is 8.08. The zero-order valence-corrected chi connectivity index (χ0v) is 16.4. The Morgan fingerprint density at radius 2 is 2.07 bits per heavy atom. The van der Waals surface area contributed by atoms with Crippen molar-refractivity contribution < 1.29 is 15.0 Å². The number of aliphatic hydroxyl groups is 2. The molecule has 1 heterocycles. The van der Waals surface area contributed by atoms with Gasteiger partial charge in [-0.2, -0.15) is 5.26 Å². The van der Waals surface area contributed by atoms with Gasteiger partial charge in [0, 0.05) is 31.2 Å². The molecule has 0 bridgehead atoms. The Kier molecular flexibility index (Phi) is 6.99. The van der Waals surface area contributed by atoms with E-state index < -0.39 is 12.7 Å². The van der Waals surface area contributed by atoms with Gasteiger partial charge in [0.1, 0.15) is 6.07 Å². The summed E-state index contributed by atoms with van der Waals surface area (Å²) >= 11 is 0. The quantitative estimate of drug-likeness (QED) is 0.492. The normalized spacial score (nSPS) is 18.5. The Bertz CT molecular complexity index is 948. The molecule has 2 aromatic carbocycles. The van der Waals surface area contributed by atoms with Crippen LogP contribution in [0.1, 0.15) is 31.2 Å². The highest BCUT2D eigenvalue weighted by molar-refractivity contribution is 6.03. The van der Waals surface area contributed by atoms with Crippen molar-refractivity contribution in [2.75, 3.05) is 24.6 Å². The van der Waals surface area contributed by atoms with Gasteiger partial charge in [-0.05, 0) is 59.9 Å². The van der Waals surface area contributed by atoms with E-state index >= 15 is 0 Å². The average Bonchev–Trinajstić information content (AvgIpc) is 2.75. The summed E-state index contributed by atoms with van der Waals surface area (Å²) in [5, 5.41) is 29.7. The van der Waals surface area contributed by atoms with Gasteiger partial charge in [-0.3, -0.25) is 4.79 Å². The highest BCUT2D eigenvalue weighted by Gasteiger charge is 2.17. The first-order valence-corrected chi connectivity index (χ1v) is 9.98. The predicted octanol–water partition coefficient (Wildman–Crippen LogP) is 2.38. The van der Waals surface area contributed by atoms with Crippen LogP contribution in [0.4, 0.5) is 5.69 Å². The van der Waals surface area contributed by atoms with Crippen molar-refractivity contribution in [3.63, 3.8) is 0 Å². The maximum absolute atomic E-state index is 12.2. The fraction of sp³-hybridized carbons (Fsp3) is 0.391. The SMILES string of the molecule is N#C/C(=C\c1ccc2cc(N3CCCC(N)C3)ccc2c1)C(=O)CCC(O)CO. The van der Waals surface area contributed by atoms with Crippen LogP contribution in [0.3, 0.4) is 0 Å². The van der Waals surface area contributed by atoms with Gasteiger partial charge in [0.15, 0.2) is 5.78 Å². The molecule has 0 radical (unpaired) electrons. The van der Waals surface area contributed by atoms with E-state index in [1.807, 2.05) is 30.3 Å². The molecule has 1 saturated heterocycles. The Morgan fingerprint density at radius 1 is 1.31 bits per heavy atom. The number of piperidine rings is 1. The van der Waals surface area contributed by atoms with Gasteiger partial charge in [-0.25, -0.2) is 0 Å². The number of carbonyl (C=O) groups excluding carboxylic acids is 1. The maximum Gasteiger partial charge on any atom is 0.173 e. The zero-order valence-electron chi connectivity index (χ0n) is 16.4. The van der Waals surface area contributed by atoms with Crippen molar-refractivity contribution in [2.24, 2.45) is 5.73 Å². The van der Waals surface area contributed by atoms with Crippen molar-refractivity contribution in [1.82, 2.24) is 0 Å². The third kappa shape index (κ3) is 5.42. The number of fused-ring (bicyclic) bond motifs is 1. The molecule has 1 fully saturated rings. The molecule has 1 aliphatic rings. The summed E-state index contributed by atoms with van der Waals surface area (Å²) in [6, 6.07) is 14.3. The minimum absolute atomic E-state index is 0.0238. The molecule has 0 saturated carbocycles. The molecule has 2 atom stereocenters. The summed E-state index contributed by atoms with van der Waals surface area (Å²) in [4.78, 5) is 14.5. The molecule has 0 aliphatic carbocycles. The number of nitriles is 1. The first kappa shape index (κ1) is 21.0. The first-order valence-electron chi connectivity index (χ1n) is 9.98. The fourth-order valence-electron chi connectivity index (χ4n) is 3.65. The standard InChI is InChI=1S/C23H27N3O3/c24-13-19(23(29)8-7-22(28)15-27)11-16-3-4-18-12-21(6-5-17(18)10-16)26-9-1-2-20(25)14-26/h3-6,10-12,20,22,27-28H,1-2,7-9,14-15,25H2/b19-11+. The maximum atomic E-state index is 12.2. The highest BCUT2D eigenvalue weighted by atomic mass is 16.3. The van der Waals surface area contributed by atoms with Crippen molar-refractivity contribution in [1.29, 1.82) is 5.26 Å². The topological polar surface area (TPSA) is 111 Å². The van der Waals surface area contributed by atoms with Crippen molar-refractivity contribution >= 4 is 28.3 Å². The van der Waals surface area contributed by atoms with Gasteiger partial charge >= 0.3 is 0 Å². The molecule has 0 aromatic heterocycles. The van der Waals surface area contributed by atoms with Gasteiger partial charge in [0.2, 0.25) is 0 Å². The van der Waals surface area contributed by atoms with E-state index in [1.165, 1.54) is 0 Å². The zero-order chi connectivity index (χ0) is 20.8. The van der Waals surface area contributed by atoms with Crippen LogP contribution in [-0.2, 0) is 4.79 Å². The summed E-state index contributed by atoms with van der Waals surface area (Å²) in [7, 11) is 0. The molecule has 0 spiro atoms. The molecular formula is C23H27N3O3. The number of rotatable bonds is 7. The lowest BCUT2D eigenvalue weighted by Crippen LogP contribution is -2.42. The molecule has 3 rings (SSSR count). The van der Waals surface area contributed by atoms with Crippen LogP contribution in [0.25, 0.3) is 16.8 Å². The van der Waals surface area contributed by atoms with Gasteiger partial charge in [0.05, 0.1) is 18.3 Å². The summed E-state index contributed by atoms with van der Waals surface area (Å²) < 4.78 is 0. The molecule has 2 aromatic rings. The van der Waals surface area contributed by atoms with Crippen LogP contribution in [-0.4, -0.2) is 47.8 Å². The average molecular weight is 393 g/mol. The molecule has 29 heavy (non-hydrogen) atoms.